The second-order valence-corrected chi connectivity index (χ2v) is 9.14. The van der Waals surface area contributed by atoms with Gasteiger partial charge in [-0.1, -0.05) is 49.1 Å². The van der Waals surface area contributed by atoms with Gasteiger partial charge < -0.3 is 27.0 Å². The third kappa shape index (κ3) is 9.16. The van der Waals surface area contributed by atoms with Gasteiger partial charge in [0.15, 0.2) is 0 Å². The molecule has 9 heteroatoms. The van der Waals surface area contributed by atoms with E-state index < -0.39 is 6.04 Å². The summed E-state index contributed by atoms with van der Waals surface area (Å²) in [5.41, 5.74) is 8.66. The Morgan fingerprint density at radius 3 is 2.40 bits per heavy atom. The minimum absolute atomic E-state index is 0.0759. The fraction of sp³-hybridized carbons (Fsp3) is 0.538. The first-order chi connectivity index (χ1) is 17.0. The molecule has 1 aromatic carbocycles. The van der Waals surface area contributed by atoms with E-state index in [2.05, 4.69) is 31.2 Å². The van der Waals surface area contributed by atoms with Gasteiger partial charge in [-0.15, -0.1) is 0 Å². The molecule has 6 N–H and O–H groups in total. The molecule has 9 nitrogen and oxygen atoms in total. The molecule has 1 atom stereocenters. The van der Waals surface area contributed by atoms with E-state index in [1.54, 1.807) is 6.20 Å². The quantitative estimate of drug-likeness (QED) is 0.455. The number of rotatable bonds is 3. The number of nitrogens with two attached hydrogens (primary N) is 1. The first-order valence-electron chi connectivity index (χ1n) is 12.7. The van der Waals surface area contributed by atoms with Gasteiger partial charge in [0, 0.05) is 32.4 Å². The van der Waals surface area contributed by atoms with E-state index in [9.17, 15) is 9.59 Å². The summed E-state index contributed by atoms with van der Waals surface area (Å²) in [6.07, 6.45) is 9.04. The predicted molar refractivity (Wildman–Crippen MR) is 139 cm³/mol. The Kier molecular flexibility index (Phi) is 10.8. The molecule has 0 fully saturated rings. The summed E-state index contributed by atoms with van der Waals surface area (Å²) in [5.74, 6) is 0.714. The third-order valence-electron chi connectivity index (χ3n) is 6.11. The molecule has 1 aliphatic rings. The smallest absolute Gasteiger partial charge is 0.256 e. The van der Waals surface area contributed by atoms with E-state index in [0.717, 1.165) is 57.1 Å². The van der Waals surface area contributed by atoms with Crippen molar-refractivity contribution in [1.29, 1.82) is 0 Å². The molecular formula is C26H39N7O2. The molecule has 0 radical (unpaired) electrons. The molecule has 0 unspecified atom stereocenters. The maximum absolute atomic E-state index is 12.9. The van der Waals surface area contributed by atoms with E-state index in [-0.39, 0.29) is 11.8 Å². The Labute approximate surface area is 208 Å². The van der Waals surface area contributed by atoms with E-state index >= 15 is 0 Å². The van der Waals surface area contributed by atoms with Gasteiger partial charge in [0.1, 0.15) is 11.4 Å². The van der Waals surface area contributed by atoms with Crippen LogP contribution in [0.3, 0.4) is 0 Å². The van der Waals surface area contributed by atoms with Crippen molar-refractivity contribution in [2.75, 3.05) is 30.3 Å². The molecule has 2 aromatic rings. The van der Waals surface area contributed by atoms with Gasteiger partial charge in [0.05, 0.1) is 6.04 Å². The van der Waals surface area contributed by atoms with Gasteiger partial charge in [-0.05, 0) is 44.6 Å². The Morgan fingerprint density at radius 2 is 1.63 bits per heavy atom. The summed E-state index contributed by atoms with van der Waals surface area (Å²) in [4.78, 5) is 34.0. The van der Waals surface area contributed by atoms with Crippen LogP contribution in [0.15, 0.2) is 30.5 Å². The van der Waals surface area contributed by atoms with Crippen LogP contribution in [-0.4, -0.2) is 47.5 Å². The number of carbonyl (C=O) groups excluding carboxylic acids is 2. The lowest BCUT2D eigenvalue weighted by Gasteiger charge is -2.14. The lowest BCUT2D eigenvalue weighted by molar-refractivity contribution is -0.122. The number of aromatic nitrogens is 2. The van der Waals surface area contributed by atoms with E-state index in [1.165, 1.54) is 5.56 Å². The van der Waals surface area contributed by atoms with Gasteiger partial charge in [-0.2, -0.15) is 4.98 Å². The Bertz CT molecular complexity index is 949. The maximum Gasteiger partial charge on any atom is 0.256 e. The highest BCUT2D eigenvalue weighted by atomic mass is 16.2. The number of carbonyl (C=O) groups is 2. The predicted octanol–water partition coefficient (Wildman–Crippen LogP) is 3.12. The Morgan fingerprint density at radius 1 is 0.971 bits per heavy atom. The number of anilines is 2. The van der Waals surface area contributed by atoms with E-state index in [1.807, 2.05) is 31.2 Å². The number of amides is 2. The number of aryl methyl sites for hydroxylation is 1. The van der Waals surface area contributed by atoms with Crippen LogP contribution in [0.25, 0.3) is 0 Å². The third-order valence-corrected chi connectivity index (χ3v) is 6.11. The van der Waals surface area contributed by atoms with Crippen molar-refractivity contribution in [3.8, 4) is 0 Å². The van der Waals surface area contributed by atoms with Gasteiger partial charge in [0.2, 0.25) is 11.9 Å². The molecule has 3 rings (SSSR count). The van der Waals surface area contributed by atoms with Crippen LogP contribution in [0.5, 0.6) is 0 Å². The zero-order chi connectivity index (χ0) is 24.9. The molecule has 2 bridgehead atoms. The average molecular weight is 482 g/mol. The van der Waals surface area contributed by atoms with Crippen LogP contribution in [0.4, 0.5) is 11.8 Å². The second kappa shape index (κ2) is 14.3. The molecule has 0 spiro atoms. The SMILES string of the molecule is Cc1ccc(CNC(=O)c2cnc3nc2NCCCC[C@H](N)C(=O)NCCCCCCCN3)cc1. The normalized spacial score (nSPS) is 18.6. The van der Waals surface area contributed by atoms with Crippen molar-refractivity contribution in [2.24, 2.45) is 5.73 Å². The van der Waals surface area contributed by atoms with E-state index in [4.69, 9.17) is 5.73 Å². The average Bonchev–Trinajstić information content (AvgIpc) is 2.86. The topological polar surface area (TPSA) is 134 Å². The second-order valence-electron chi connectivity index (χ2n) is 9.14. The molecule has 190 valence electrons. The highest BCUT2D eigenvalue weighted by Gasteiger charge is 2.16. The van der Waals surface area contributed by atoms with Crippen molar-refractivity contribution >= 4 is 23.6 Å². The molecule has 2 heterocycles. The number of hydrogen-bond acceptors (Lipinski definition) is 7. The zero-order valence-corrected chi connectivity index (χ0v) is 20.7. The molecule has 0 saturated carbocycles. The summed E-state index contributed by atoms with van der Waals surface area (Å²) < 4.78 is 0. The summed E-state index contributed by atoms with van der Waals surface area (Å²) in [5, 5.41) is 12.5. The van der Waals surface area contributed by atoms with Crippen LogP contribution in [-0.2, 0) is 11.3 Å². The number of benzene rings is 1. The van der Waals surface area contributed by atoms with Gasteiger partial charge in [-0.3, -0.25) is 9.59 Å². The first kappa shape index (κ1) is 26.4. The number of fused-ring (bicyclic) bond motifs is 2. The van der Waals surface area contributed by atoms with Crippen LogP contribution in [0.2, 0.25) is 0 Å². The lowest BCUT2D eigenvalue weighted by Crippen LogP contribution is -2.40. The van der Waals surface area contributed by atoms with Gasteiger partial charge >= 0.3 is 0 Å². The molecule has 35 heavy (non-hydrogen) atoms. The Hall–Kier alpha value is -3.20. The molecule has 1 aromatic heterocycles. The summed E-state index contributed by atoms with van der Waals surface area (Å²) in [6.45, 7) is 4.53. The van der Waals surface area contributed by atoms with E-state index in [0.29, 0.717) is 43.4 Å². The summed E-state index contributed by atoms with van der Waals surface area (Å²) in [6, 6.07) is 7.57. The van der Waals surface area contributed by atoms with Crippen molar-refractivity contribution < 1.29 is 9.59 Å². The highest BCUT2D eigenvalue weighted by molar-refractivity contribution is 5.98. The fourth-order valence-electron chi connectivity index (χ4n) is 3.90. The minimum Gasteiger partial charge on any atom is -0.369 e. The standard InChI is InChI=1S/C26H39N7O2/c1-19-10-12-20(13-11-19)17-31-24(34)21-18-32-26-30-16-7-4-2-3-6-15-29-25(35)22(27)9-5-8-14-28-23(21)33-26/h10-13,18,22H,2-9,14-17,27H2,1H3,(H,29,35)(H,31,34)(H2,28,30,32,33)/t22-/m0/s1. The van der Waals surface area contributed by atoms with Crippen LogP contribution in [0, 0.1) is 6.92 Å². The lowest BCUT2D eigenvalue weighted by atomic mass is 10.1. The van der Waals surface area contributed by atoms with Gasteiger partial charge in [-0.25, -0.2) is 4.98 Å². The van der Waals surface area contributed by atoms with Crippen molar-refractivity contribution in [2.45, 2.75) is 70.9 Å². The minimum atomic E-state index is -0.491. The molecular weight excluding hydrogens is 442 g/mol. The van der Waals surface area contributed by atoms with Crippen LogP contribution >= 0.6 is 0 Å². The van der Waals surface area contributed by atoms with Crippen molar-refractivity contribution in [1.82, 2.24) is 20.6 Å². The van der Waals surface area contributed by atoms with Crippen molar-refractivity contribution in [3.05, 3.63) is 47.2 Å². The molecule has 2 amide bonds. The summed E-state index contributed by atoms with van der Waals surface area (Å²) >= 11 is 0. The van der Waals surface area contributed by atoms with Crippen LogP contribution in [0.1, 0.15) is 72.9 Å². The Balaban J connectivity index is 1.64. The molecule has 1 aliphatic heterocycles. The van der Waals surface area contributed by atoms with Crippen molar-refractivity contribution in [3.63, 3.8) is 0 Å². The highest BCUT2D eigenvalue weighted by Crippen LogP contribution is 2.16. The van der Waals surface area contributed by atoms with Crippen LogP contribution < -0.4 is 27.0 Å². The maximum atomic E-state index is 12.9. The number of nitrogens with zero attached hydrogens (tertiary/aromatic N) is 2. The number of hydrogen-bond donors (Lipinski definition) is 5. The van der Waals surface area contributed by atoms with Gasteiger partial charge in [0.25, 0.3) is 5.91 Å². The number of nitrogens with one attached hydrogen (secondary N) is 4. The molecule has 0 saturated heterocycles. The zero-order valence-electron chi connectivity index (χ0n) is 20.7. The fourth-order valence-corrected chi connectivity index (χ4v) is 3.90. The largest absolute Gasteiger partial charge is 0.369 e. The monoisotopic (exact) mass is 481 g/mol. The summed E-state index contributed by atoms with van der Waals surface area (Å²) in [7, 11) is 0. The first-order valence-corrected chi connectivity index (χ1v) is 12.7. The molecule has 0 aliphatic carbocycles.